The summed E-state index contributed by atoms with van der Waals surface area (Å²) in [6.45, 7) is 3.79. The summed E-state index contributed by atoms with van der Waals surface area (Å²) in [5.74, 6) is 0.259. The number of aliphatic hydroxyl groups excluding tert-OH is 1. The van der Waals surface area contributed by atoms with Gasteiger partial charge in [0.05, 0.1) is 12.3 Å². The SMILES string of the molecule is CC(O)C(C)Cc1cnoc1. The number of aliphatic hydroxyl groups is 1. The van der Waals surface area contributed by atoms with Crippen molar-refractivity contribution < 1.29 is 9.63 Å². The van der Waals surface area contributed by atoms with Gasteiger partial charge in [-0.05, 0) is 19.3 Å². The molecule has 1 N–H and O–H groups in total. The molecule has 2 atom stereocenters. The lowest BCUT2D eigenvalue weighted by atomic mass is 9.99. The second-order valence-electron chi connectivity index (χ2n) is 2.95. The van der Waals surface area contributed by atoms with Gasteiger partial charge in [-0.3, -0.25) is 0 Å². The number of rotatable bonds is 3. The van der Waals surface area contributed by atoms with E-state index in [0.29, 0.717) is 0 Å². The molecule has 0 aliphatic carbocycles. The second kappa shape index (κ2) is 3.53. The van der Waals surface area contributed by atoms with Gasteiger partial charge in [-0.25, -0.2) is 0 Å². The Labute approximate surface area is 66.0 Å². The van der Waals surface area contributed by atoms with Gasteiger partial charge in [-0.1, -0.05) is 12.1 Å². The molecular formula is C8H13NO2. The van der Waals surface area contributed by atoms with E-state index in [2.05, 4.69) is 9.68 Å². The minimum absolute atomic E-state index is 0.259. The highest BCUT2D eigenvalue weighted by Crippen LogP contribution is 2.10. The number of hydrogen-bond acceptors (Lipinski definition) is 3. The van der Waals surface area contributed by atoms with Gasteiger partial charge in [0.15, 0.2) is 0 Å². The molecule has 0 radical (unpaired) electrons. The third-order valence-corrected chi connectivity index (χ3v) is 1.86. The fourth-order valence-corrected chi connectivity index (χ4v) is 0.870. The molecule has 0 aromatic carbocycles. The summed E-state index contributed by atoms with van der Waals surface area (Å²) in [6.07, 6.45) is 3.84. The van der Waals surface area contributed by atoms with E-state index < -0.39 is 0 Å². The number of aromatic nitrogens is 1. The zero-order chi connectivity index (χ0) is 8.27. The molecular weight excluding hydrogens is 142 g/mol. The largest absolute Gasteiger partial charge is 0.393 e. The van der Waals surface area contributed by atoms with Crippen LogP contribution < -0.4 is 0 Å². The third-order valence-electron chi connectivity index (χ3n) is 1.86. The summed E-state index contributed by atoms with van der Waals surface area (Å²) in [5.41, 5.74) is 1.04. The summed E-state index contributed by atoms with van der Waals surface area (Å²) < 4.78 is 4.66. The molecule has 2 unspecified atom stereocenters. The zero-order valence-corrected chi connectivity index (χ0v) is 6.82. The third kappa shape index (κ3) is 2.35. The molecule has 0 bridgehead atoms. The predicted molar refractivity (Wildman–Crippen MR) is 41.1 cm³/mol. The van der Waals surface area contributed by atoms with Crippen LogP contribution in [0.1, 0.15) is 19.4 Å². The van der Waals surface area contributed by atoms with Crippen molar-refractivity contribution in [3.8, 4) is 0 Å². The topological polar surface area (TPSA) is 46.3 Å². The van der Waals surface area contributed by atoms with Crippen LogP contribution in [0.4, 0.5) is 0 Å². The van der Waals surface area contributed by atoms with E-state index in [1.165, 1.54) is 0 Å². The van der Waals surface area contributed by atoms with Crippen molar-refractivity contribution >= 4 is 0 Å². The highest BCUT2D eigenvalue weighted by atomic mass is 16.5. The summed E-state index contributed by atoms with van der Waals surface area (Å²) in [4.78, 5) is 0. The average molecular weight is 155 g/mol. The average Bonchev–Trinajstić information content (AvgIpc) is 2.39. The van der Waals surface area contributed by atoms with Crippen molar-refractivity contribution in [2.24, 2.45) is 5.92 Å². The first kappa shape index (κ1) is 8.27. The maximum Gasteiger partial charge on any atom is 0.126 e. The van der Waals surface area contributed by atoms with Crippen LogP contribution in [0.3, 0.4) is 0 Å². The fourth-order valence-electron chi connectivity index (χ4n) is 0.870. The van der Waals surface area contributed by atoms with E-state index in [4.69, 9.17) is 5.11 Å². The molecule has 1 heterocycles. The normalized spacial score (nSPS) is 16.3. The van der Waals surface area contributed by atoms with Crippen LogP contribution in [0.25, 0.3) is 0 Å². The number of hydrogen-bond donors (Lipinski definition) is 1. The second-order valence-corrected chi connectivity index (χ2v) is 2.95. The summed E-state index contributed by atoms with van der Waals surface area (Å²) >= 11 is 0. The van der Waals surface area contributed by atoms with Gasteiger partial charge in [-0.2, -0.15) is 0 Å². The minimum Gasteiger partial charge on any atom is -0.393 e. The Morgan fingerprint density at radius 3 is 2.82 bits per heavy atom. The molecule has 0 aliphatic heterocycles. The van der Waals surface area contributed by atoms with Gasteiger partial charge in [-0.15, -0.1) is 0 Å². The van der Waals surface area contributed by atoms with Crippen molar-refractivity contribution in [1.29, 1.82) is 0 Å². The lowest BCUT2D eigenvalue weighted by Gasteiger charge is -2.11. The molecule has 0 amide bonds. The Bertz CT molecular complexity index is 194. The molecule has 0 fully saturated rings. The van der Waals surface area contributed by atoms with Crippen molar-refractivity contribution in [2.75, 3.05) is 0 Å². The van der Waals surface area contributed by atoms with Crippen LogP contribution in [-0.2, 0) is 6.42 Å². The van der Waals surface area contributed by atoms with Crippen LogP contribution in [-0.4, -0.2) is 16.4 Å². The first-order chi connectivity index (χ1) is 5.20. The van der Waals surface area contributed by atoms with E-state index >= 15 is 0 Å². The molecule has 3 heteroatoms. The maximum atomic E-state index is 9.17. The summed E-state index contributed by atoms with van der Waals surface area (Å²) in [5, 5.41) is 12.7. The van der Waals surface area contributed by atoms with Gasteiger partial charge in [0.25, 0.3) is 0 Å². The zero-order valence-electron chi connectivity index (χ0n) is 6.82. The van der Waals surface area contributed by atoms with Crippen LogP contribution in [0.5, 0.6) is 0 Å². The van der Waals surface area contributed by atoms with Gasteiger partial charge in [0, 0.05) is 5.56 Å². The van der Waals surface area contributed by atoms with Crippen LogP contribution in [0.2, 0.25) is 0 Å². The number of nitrogens with zero attached hydrogens (tertiary/aromatic N) is 1. The lowest BCUT2D eigenvalue weighted by Crippen LogP contribution is -2.14. The smallest absolute Gasteiger partial charge is 0.126 e. The Morgan fingerprint density at radius 2 is 2.36 bits per heavy atom. The van der Waals surface area contributed by atoms with E-state index in [1.54, 1.807) is 19.4 Å². The van der Waals surface area contributed by atoms with E-state index in [-0.39, 0.29) is 12.0 Å². The van der Waals surface area contributed by atoms with Gasteiger partial charge < -0.3 is 9.63 Å². The highest BCUT2D eigenvalue weighted by Gasteiger charge is 2.10. The monoisotopic (exact) mass is 155 g/mol. The van der Waals surface area contributed by atoms with Crippen LogP contribution in [0.15, 0.2) is 17.0 Å². The minimum atomic E-state index is -0.273. The van der Waals surface area contributed by atoms with Gasteiger partial charge in [0.2, 0.25) is 0 Å². The van der Waals surface area contributed by atoms with E-state index in [1.807, 2.05) is 6.92 Å². The van der Waals surface area contributed by atoms with Crippen molar-refractivity contribution in [3.63, 3.8) is 0 Å². The Kier molecular flexibility index (Phi) is 2.65. The standard InChI is InChI=1S/C8H13NO2/c1-6(7(2)10)3-8-4-9-11-5-8/h4-7,10H,3H2,1-2H3. The summed E-state index contributed by atoms with van der Waals surface area (Å²) in [6, 6.07) is 0. The quantitative estimate of drug-likeness (QED) is 0.714. The Balaban J connectivity index is 2.43. The molecule has 0 saturated heterocycles. The molecule has 3 nitrogen and oxygen atoms in total. The van der Waals surface area contributed by atoms with E-state index in [0.717, 1.165) is 12.0 Å². The van der Waals surface area contributed by atoms with Crippen molar-refractivity contribution in [1.82, 2.24) is 5.16 Å². The maximum absolute atomic E-state index is 9.17. The Morgan fingerprint density at radius 1 is 1.64 bits per heavy atom. The molecule has 62 valence electrons. The van der Waals surface area contributed by atoms with Crippen molar-refractivity contribution in [3.05, 3.63) is 18.0 Å². The Hall–Kier alpha value is -0.830. The van der Waals surface area contributed by atoms with Gasteiger partial charge in [0.1, 0.15) is 6.26 Å². The molecule has 0 aliphatic rings. The molecule has 1 rings (SSSR count). The first-order valence-corrected chi connectivity index (χ1v) is 3.76. The molecule has 0 saturated carbocycles. The summed E-state index contributed by atoms with van der Waals surface area (Å²) in [7, 11) is 0. The molecule has 1 aromatic rings. The fraction of sp³-hybridized carbons (Fsp3) is 0.625. The van der Waals surface area contributed by atoms with Crippen molar-refractivity contribution in [2.45, 2.75) is 26.4 Å². The molecule has 11 heavy (non-hydrogen) atoms. The van der Waals surface area contributed by atoms with Gasteiger partial charge >= 0.3 is 0 Å². The highest BCUT2D eigenvalue weighted by molar-refractivity contribution is 5.01. The van der Waals surface area contributed by atoms with Crippen LogP contribution >= 0.6 is 0 Å². The van der Waals surface area contributed by atoms with E-state index in [9.17, 15) is 0 Å². The molecule has 1 aromatic heterocycles. The first-order valence-electron chi connectivity index (χ1n) is 3.76. The predicted octanol–water partition coefficient (Wildman–Crippen LogP) is 1.23. The lowest BCUT2D eigenvalue weighted by molar-refractivity contribution is 0.135. The molecule has 0 spiro atoms. The van der Waals surface area contributed by atoms with Crippen LogP contribution in [0, 0.1) is 5.92 Å².